The zero-order valence-electron chi connectivity index (χ0n) is 14.2. The smallest absolute Gasteiger partial charge is 0.316 e. The Morgan fingerprint density at radius 2 is 2.08 bits per heavy atom. The molecule has 1 aliphatic heterocycles. The number of esters is 1. The van der Waals surface area contributed by atoms with Crippen LogP contribution in [0.4, 0.5) is 0 Å². The standard InChI is InChI=1S/C19H20ClNO4S/c20-15-7-1-4-13-5-2-8-16(19(13)15)26-12-18(23)25-11-17(22)21-10-14-6-3-9-24-14/h1-2,4-5,7-8,14H,3,6,9-12H2,(H,21,22). The van der Waals surface area contributed by atoms with Crippen LogP contribution < -0.4 is 5.32 Å². The van der Waals surface area contributed by atoms with Gasteiger partial charge in [0.2, 0.25) is 0 Å². The molecule has 1 atom stereocenters. The van der Waals surface area contributed by atoms with Gasteiger partial charge in [-0.25, -0.2) is 0 Å². The highest BCUT2D eigenvalue weighted by Gasteiger charge is 2.17. The quantitative estimate of drug-likeness (QED) is 0.576. The van der Waals surface area contributed by atoms with Crippen LogP contribution in [-0.4, -0.2) is 43.5 Å². The van der Waals surface area contributed by atoms with Gasteiger partial charge < -0.3 is 14.8 Å². The minimum absolute atomic E-state index is 0.0707. The van der Waals surface area contributed by atoms with E-state index in [9.17, 15) is 9.59 Å². The second kappa shape index (κ2) is 9.26. The van der Waals surface area contributed by atoms with Crippen LogP contribution in [0.1, 0.15) is 12.8 Å². The number of rotatable bonds is 7. The Kier molecular flexibility index (Phi) is 6.77. The minimum Gasteiger partial charge on any atom is -0.455 e. The summed E-state index contributed by atoms with van der Waals surface area (Å²) in [6.45, 7) is 0.924. The number of hydrogen-bond donors (Lipinski definition) is 1. The lowest BCUT2D eigenvalue weighted by atomic mass is 10.1. The molecule has 1 heterocycles. The molecule has 26 heavy (non-hydrogen) atoms. The first kappa shape index (κ1) is 19.0. The molecule has 7 heteroatoms. The van der Waals surface area contributed by atoms with E-state index in [1.807, 2.05) is 36.4 Å². The van der Waals surface area contributed by atoms with Gasteiger partial charge in [0.1, 0.15) is 0 Å². The lowest BCUT2D eigenvalue weighted by molar-refractivity contribution is -0.146. The Morgan fingerprint density at radius 1 is 1.27 bits per heavy atom. The van der Waals surface area contributed by atoms with Crippen molar-refractivity contribution < 1.29 is 19.1 Å². The molecule has 5 nitrogen and oxygen atoms in total. The highest BCUT2D eigenvalue weighted by Crippen LogP contribution is 2.33. The first-order chi connectivity index (χ1) is 12.6. The number of hydrogen-bond acceptors (Lipinski definition) is 5. The Hall–Kier alpha value is -1.76. The van der Waals surface area contributed by atoms with Gasteiger partial charge in [0.05, 0.1) is 11.9 Å². The molecule has 0 radical (unpaired) electrons. The fraction of sp³-hybridized carbons (Fsp3) is 0.368. The monoisotopic (exact) mass is 393 g/mol. The predicted octanol–water partition coefficient (Wildman–Crippen LogP) is 3.42. The molecule has 138 valence electrons. The molecular weight excluding hydrogens is 374 g/mol. The predicted molar refractivity (Wildman–Crippen MR) is 103 cm³/mol. The van der Waals surface area contributed by atoms with Crippen molar-refractivity contribution >= 4 is 46.0 Å². The molecular formula is C19H20ClNO4S. The van der Waals surface area contributed by atoms with Crippen molar-refractivity contribution in [3.63, 3.8) is 0 Å². The number of ether oxygens (including phenoxy) is 2. The molecule has 0 bridgehead atoms. The molecule has 1 fully saturated rings. The van der Waals surface area contributed by atoms with Crippen molar-refractivity contribution in [1.82, 2.24) is 5.32 Å². The van der Waals surface area contributed by atoms with Gasteiger partial charge in [0, 0.05) is 28.5 Å². The van der Waals surface area contributed by atoms with E-state index in [4.69, 9.17) is 21.1 Å². The third-order valence-electron chi connectivity index (χ3n) is 4.08. The highest BCUT2D eigenvalue weighted by molar-refractivity contribution is 8.00. The van der Waals surface area contributed by atoms with Crippen molar-refractivity contribution in [1.29, 1.82) is 0 Å². The van der Waals surface area contributed by atoms with Gasteiger partial charge in [-0.05, 0) is 30.4 Å². The van der Waals surface area contributed by atoms with E-state index in [-0.39, 0.29) is 24.4 Å². The van der Waals surface area contributed by atoms with E-state index < -0.39 is 5.97 Å². The first-order valence-corrected chi connectivity index (χ1v) is 9.84. The average molecular weight is 394 g/mol. The normalized spacial score (nSPS) is 16.6. The number of amides is 1. The topological polar surface area (TPSA) is 64.6 Å². The summed E-state index contributed by atoms with van der Waals surface area (Å²) in [4.78, 5) is 24.6. The van der Waals surface area contributed by atoms with Crippen LogP contribution in [0.5, 0.6) is 0 Å². The van der Waals surface area contributed by atoms with Gasteiger partial charge in [-0.1, -0.05) is 35.9 Å². The lowest BCUT2D eigenvalue weighted by Crippen LogP contribution is -2.35. The minimum atomic E-state index is -0.439. The van der Waals surface area contributed by atoms with Crippen LogP contribution >= 0.6 is 23.4 Å². The SMILES string of the molecule is O=C(COC(=O)CSc1cccc2cccc(Cl)c12)NCC1CCCO1. The Morgan fingerprint density at radius 3 is 2.85 bits per heavy atom. The molecule has 3 rings (SSSR count). The fourth-order valence-corrected chi connectivity index (χ4v) is 4.03. The molecule has 2 aromatic carbocycles. The van der Waals surface area contributed by atoms with Gasteiger partial charge in [-0.15, -0.1) is 11.8 Å². The van der Waals surface area contributed by atoms with Crippen LogP contribution in [0.3, 0.4) is 0 Å². The fourth-order valence-electron chi connectivity index (χ4n) is 2.79. The number of carbonyl (C=O) groups is 2. The van der Waals surface area contributed by atoms with Gasteiger partial charge in [0.15, 0.2) is 6.61 Å². The molecule has 1 saturated heterocycles. The van der Waals surface area contributed by atoms with Crippen LogP contribution in [-0.2, 0) is 19.1 Å². The van der Waals surface area contributed by atoms with Crippen LogP contribution in [0.15, 0.2) is 41.3 Å². The van der Waals surface area contributed by atoms with Gasteiger partial charge in [-0.3, -0.25) is 9.59 Å². The maximum Gasteiger partial charge on any atom is 0.316 e. The maximum absolute atomic E-state index is 11.9. The number of carbonyl (C=O) groups excluding carboxylic acids is 2. The summed E-state index contributed by atoms with van der Waals surface area (Å²) >= 11 is 7.62. The number of halogens is 1. The molecule has 1 unspecified atom stereocenters. The summed E-state index contributed by atoms with van der Waals surface area (Å²) in [6.07, 6.45) is 2.04. The van der Waals surface area contributed by atoms with E-state index in [0.29, 0.717) is 11.6 Å². The summed E-state index contributed by atoms with van der Waals surface area (Å²) in [7, 11) is 0. The Balaban J connectivity index is 1.45. The molecule has 0 aliphatic carbocycles. The second-order valence-corrected chi connectivity index (χ2v) is 7.41. The highest BCUT2D eigenvalue weighted by atomic mass is 35.5. The molecule has 1 amide bonds. The van der Waals surface area contributed by atoms with E-state index in [1.54, 1.807) is 0 Å². The Bertz CT molecular complexity index is 787. The summed E-state index contributed by atoms with van der Waals surface area (Å²) < 4.78 is 10.5. The number of fused-ring (bicyclic) bond motifs is 1. The van der Waals surface area contributed by atoms with E-state index in [0.717, 1.165) is 35.1 Å². The second-order valence-electron chi connectivity index (χ2n) is 5.98. The summed E-state index contributed by atoms with van der Waals surface area (Å²) in [5.74, 6) is -0.637. The largest absolute Gasteiger partial charge is 0.455 e. The third kappa shape index (κ3) is 5.13. The van der Waals surface area contributed by atoms with Gasteiger partial charge >= 0.3 is 5.97 Å². The summed E-state index contributed by atoms with van der Waals surface area (Å²) in [5, 5.41) is 5.30. The van der Waals surface area contributed by atoms with Gasteiger partial charge in [-0.2, -0.15) is 0 Å². The molecule has 1 aliphatic rings. The number of benzene rings is 2. The summed E-state index contributed by atoms with van der Waals surface area (Å²) in [6, 6.07) is 11.5. The van der Waals surface area contributed by atoms with Crippen molar-refractivity contribution in [2.24, 2.45) is 0 Å². The maximum atomic E-state index is 11.9. The van der Waals surface area contributed by atoms with E-state index in [2.05, 4.69) is 5.32 Å². The lowest BCUT2D eigenvalue weighted by Gasteiger charge is -2.11. The first-order valence-electron chi connectivity index (χ1n) is 8.47. The zero-order chi connectivity index (χ0) is 18.4. The van der Waals surface area contributed by atoms with Crippen molar-refractivity contribution in [3.8, 4) is 0 Å². The van der Waals surface area contributed by atoms with Gasteiger partial charge in [0.25, 0.3) is 5.91 Å². The zero-order valence-corrected chi connectivity index (χ0v) is 15.8. The number of nitrogens with one attached hydrogen (secondary N) is 1. The van der Waals surface area contributed by atoms with Crippen LogP contribution in [0, 0.1) is 0 Å². The molecule has 0 saturated carbocycles. The van der Waals surface area contributed by atoms with Crippen molar-refractivity contribution in [3.05, 3.63) is 41.4 Å². The Labute approximate surface area is 161 Å². The van der Waals surface area contributed by atoms with E-state index in [1.165, 1.54) is 11.8 Å². The average Bonchev–Trinajstić information content (AvgIpc) is 3.16. The van der Waals surface area contributed by atoms with Crippen LogP contribution in [0.25, 0.3) is 10.8 Å². The molecule has 0 aromatic heterocycles. The van der Waals surface area contributed by atoms with Crippen LogP contribution in [0.2, 0.25) is 5.02 Å². The number of thioether (sulfide) groups is 1. The van der Waals surface area contributed by atoms with Crippen molar-refractivity contribution in [2.45, 2.75) is 23.8 Å². The van der Waals surface area contributed by atoms with E-state index >= 15 is 0 Å². The summed E-state index contributed by atoms with van der Waals surface area (Å²) in [5.41, 5.74) is 0. The third-order valence-corrected chi connectivity index (χ3v) is 5.42. The molecule has 2 aromatic rings. The molecule has 0 spiro atoms. The van der Waals surface area contributed by atoms with Crippen molar-refractivity contribution in [2.75, 3.05) is 25.5 Å². The molecule has 1 N–H and O–H groups in total.